The van der Waals surface area contributed by atoms with Gasteiger partial charge in [0.05, 0.1) is 0 Å². The minimum absolute atomic E-state index is 0.0379. The Morgan fingerprint density at radius 3 is 2.43 bits per heavy atom. The van der Waals surface area contributed by atoms with Crippen molar-refractivity contribution in [2.24, 2.45) is 0 Å². The summed E-state index contributed by atoms with van der Waals surface area (Å²) in [7, 11) is 0.212. The van der Waals surface area contributed by atoms with E-state index in [-0.39, 0.29) is 10.0 Å². The summed E-state index contributed by atoms with van der Waals surface area (Å²) in [5, 5.41) is -0.0470. The van der Waals surface area contributed by atoms with Gasteiger partial charge in [0.15, 0.2) is 0 Å². The molecule has 1 N–H and O–H groups in total. The molecule has 5 nitrogen and oxygen atoms in total. The molecule has 0 aliphatic carbocycles. The van der Waals surface area contributed by atoms with E-state index < -0.39 is 10.0 Å². The monoisotopic (exact) mass is 325 g/mol. The molecule has 0 saturated carbocycles. The largest absolute Gasteiger partial charge is 0.305 e. The highest BCUT2D eigenvalue weighted by Gasteiger charge is 2.18. The van der Waals surface area contributed by atoms with Gasteiger partial charge < -0.3 is 4.90 Å². The van der Waals surface area contributed by atoms with E-state index in [1.165, 1.54) is 18.3 Å². The van der Waals surface area contributed by atoms with Crippen LogP contribution in [-0.4, -0.2) is 32.4 Å². The normalized spacial score (nSPS) is 11.6. The van der Waals surface area contributed by atoms with Crippen molar-refractivity contribution in [3.63, 3.8) is 0 Å². The van der Waals surface area contributed by atoms with Gasteiger partial charge in [0.2, 0.25) is 0 Å². The minimum atomic E-state index is -3.73. The Morgan fingerprint density at radius 2 is 1.86 bits per heavy atom. The second-order valence-electron chi connectivity index (χ2n) is 4.83. The zero-order chi connectivity index (χ0) is 15.5. The van der Waals surface area contributed by atoms with Crippen molar-refractivity contribution in [2.75, 3.05) is 18.8 Å². The number of rotatable bonds is 5. The van der Waals surface area contributed by atoms with Crippen LogP contribution in [0, 0.1) is 0 Å². The van der Waals surface area contributed by atoms with Crippen molar-refractivity contribution < 1.29 is 8.42 Å². The first-order chi connectivity index (χ1) is 9.88. The van der Waals surface area contributed by atoms with E-state index in [4.69, 9.17) is 11.6 Å². The minimum Gasteiger partial charge on any atom is -0.305 e. The number of halogens is 1. The van der Waals surface area contributed by atoms with Gasteiger partial charge in [-0.3, -0.25) is 4.72 Å². The predicted octanol–water partition coefficient (Wildman–Crippen LogP) is 2.60. The van der Waals surface area contributed by atoms with Gasteiger partial charge in [-0.25, -0.2) is 13.4 Å². The third kappa shape index (κ3) is 4.17. The molecule has 0 aliphatic heterocycles. The summed E-state index contributed by atoms with van der Waals surface area (Å²) < 4.78 is 27.0. The van der Waals surface area contributed by atoms with Crippen molar-refractivity contribution in [1.29, 1.82) is 0 Å². The Bertz CT molecular complexity index is 715. The fourth-order valence-electron chi connectivity index (χ4n) is 1.83. The van der Waals surface area contributed by atoms with Gasteiger partial charge in [-0.15, -0.1) is 0 Å². The lowest BCUT2D eigenvalue weighted by molar-refractivity contribution is 0.402. The summed E-state index contributed by atoms with van der Waals surface area (Å²) in [6.45, 7) is 0.793. The number of nitrogens with one attached hydrogen (secondary N) is 1. The van der Waals surface area contributed by atoms with E-state index in [0.29, 0.717) is 5.69 Å². The lowest BCUT2D eigenvalue weighted by Crippen LogP contribution is -2.14. The molecule has 1 aromatic carbocycles. The molecule has 0 saturated heterocycles. The molecule has 112 valence electrons. The molecule has 1 aromatic heterocycles. The quantitative estimate of drug-likeness (QED) is 0.858. The van der Waals surface area contributed by atoms with E-state index in [0.717, 1.165) is 12.1 Å². The standard InChI is InChI=1S/C14H16ClN3O2S/c1-18(2)10-11-5-7-12(8-6-11)17-21(19,20)13-4-3-9-16-14(13)15/h3-9,17H,10H2,1-2H3. The number of aromatic nitrogens is 1. The number of anilines is 1. The van der Waals surface area contributed by atoms with Crippen LogP contribution in [0.3, 0.4) is 0 Å². The molecular formula is C14H16ClN3O2S. The average molecular weight is 326 g/mol. The van der Waals surface area contributed by atoms with Gasteiger partial charge in [-0.1, -0.05) is 23.7 Å². The average Bonchev–Trinajstić information content (AvgIpc) is 2.40. The van der Waals surface area contributed by atoms with Gasteiger partial charge in [0.25, 0.3) is 10.0 Å². The van der Waals surface area contributed by atoms with Crippen LogP contribution in [0.25, 0.3) is 0 Å². The lowest BCUT2D eigenvalue weighted by Gasteiger charge is -2.11. The van der Waals surface area contributed by atoms with Crippen molar-refractivity contribution in [3.8, 4) is 0 Å². The van der Waals surface area contributed by atoms with Gasteiger partial charge in [0, 0.05) is 18.4 Å². The fraction of sp³-hybridized carbons (Fsp3) is 0.214. The molecule has 7 heteroatoms. The van der Waals surface area contributed by atoms with E-state index in [9.17, 15) is 8.42 Å². The Labute approximate surface area is 129 Å². The molecule has 0 unspecified atom stereocenters. The smallest absolute Gasteiger partial charge is 0.264 e. The molecule has 2 rings (SSSR count). The first-order valence-electron chi connectivity index (χ1n) is 6.25. The van der Waals surface area contributed by atoms with Gasteiger partial charge in [0.1, 0.15) is 10.0 Å². The highest BCUT2D eigenvalue weighted by atomic mass is 35.5. The number of sulfonamides is 1. The fourth-order valence-corrected chi connectivity index (χ4v) is 3.34. The van der Waals surface area contributed by atoms with E-state index >= 15 is 0 Å². The zero-order valence-corrected chi connectivity index (χ0v) is 13.3. The molecule has 21 heavy (non-hydrogen) atoms. The number of nitrogens with zero attached hydrogens (tertiary/aromatic N) is 2. The highest BCUT2D eigenvalue weighted by Crippen LogP contribution is 2.21. The maximum atomic E-state index is 12.2. The molecule has 0 amide bonds. The Balaban J connectivity index is 2.19. The summed E-state index contributed by atoms with van der Waals surface area (Å²) >= 11 is 5.82. The molecule has 0 spiro atoms. The second kappa shape index (κ2) is 6.43. The predicted molar refractivity (Wildman–Crippen MR) is 83.9 cm³/mol. The zero-order valence-electron chi connectivity index (χ0n) is 11.7. The van der Waals surface area contributed by atoms with Crippen molar-refractivity contribution in [2.45, 2.75) is 11.4 Å². The summed E-state index contributed by atoms with van der Waals surface area (Å²) in [6.07, 6.45) is 1.44. The molecule has 0 aliphatic rings. The van der Waals surface area contributed by atoms with Crippen LogP contribution in [0.1, 0.15) is 5.56 Å². The molecule has 0 fully saturated rings. The molecule has 1 heterocycles. The van der Waals surface area contributed by atoms with Crippen LogP contribution < -0.4 is 4.72 Å². The maximum absolute atomic E-state index is 12.2. The second-order valence-corrected chi connectivity index (χ2v) is 6.84. The first kappa shape index (κ1) is 15.8. The maximum Gasteiger partial charge on any atom is 0.264 e. The molecular weight excluding hydrogens is 310 g/mol. The Hall–Kier alpha value is -1.63. The van der Waals surface area contributed by atoms with E-state index in [1.807, 2.05) is 31.1 Å². The number of hydrogen-bond donors (Lipinski definition) is 1. The van der Waals surface area contributed by atoms with Gasteiger partial charge in [-0.05, 0) is 43.9 Å². The van der Waals surface area contributed by atoms with Gasteiger partial charge >= 0.3 is 0 Å². The highest BCUT2D eigenvalue weighted by molar-refractivity contribution is 7.92. The third-order valence-corrected chi connectivity index (χ3v) is 4.55. The van der Waals surface area contributed by atoms with Crippen LogP contribution in [0.15, 0.2) is 47.5 Å². The number of hydrogen-bond acceptors (Lipinski definition) is 4. The Morgan fingerprint density at radius 1 is 1.19 bits per heavy atom. The topological polar surface area (TPSA) is 62.3 Å². The summed E-state index contributed by atoms with van der Waals surface area (Å²) in [4.78, 5) is 5.77. The summed E-state index contributed by atoms with van der Waals surface area (Å²) in [5.74, 6) is 0. The van der Waals surface area contributed by atoms with Crippen LogP contribution in [-0.2, 0) is 16.6 Å². The molecule has 0 bridgehead atoms. The first-order valence-corrected chi connectivity index (χ1v) is 8.11. The number of pyridine rings is 1. The molecule has 2 aromatic rings. The van der Waals surface area contributed by atoms with Crippen molar-refractivity contribution >= 4 is 27.3 Å². The van der Waals surface area contributed by atoms with Crippen LogP contribution >= 0.6 is 11.6 Å². The molecule has 0 radical (unpaired) electrons. The SMILES string of the molecule is CN(C)Cc1ccc(NS(=O)(=O)c2cccnc2Cl)cc1. The lowest BCUT2D eigenvalue weighted by atomic mass is 10.2. The third-order valence-electron chi connectivity index (χ3n) is 2.72. The Kier molecular flexibility index (Phi) is 4.82. The molecule has 0 atom stereocenters. The summed E-state index contributed by atoms with van der Waals surface area (Å²) in [6, 6.07) is 10.1. The van der Waals surface area contributed by atoms with Gasteiger partial charge in [-0.2, -0.15) is 0 Å². The summed E-state index contributed by atoms with van der Waals surface area (Å²) in [5.41, 5.74) is 1.58. The van der Waals surface area contributed by atoms with E-state index in [1.54, 1.807) is 12.1 Å². The van der Waals surface area contributed by atoms with Crippen LogP contribution in [0.2, 0.25) is 5.15 Å². The van der Waals surface area contributed by atoms with Crippen LogP contribution in [0.5, 0.6) is 0 Å². The van der Waals surface area contributed by atoms with Crippen LogP contribution in [0.4, 0.5) is 5.69 Å². The van der Waals surface area contributed by atoms with Crippen molar-refractivity contribution in [3.05, 3.63) is 53.3 Å². The van der Waals surface area contributed by atoms with E-state index in [2.05, 4.69) is 9.71 Å². The number of benzene rings is 1. The van der Waals surface area contributed by atoms with Crippen molar-refractivity contribution in [1.82, 2.24) is 9.88 Å².